The molecule has 4 rings (SSSR count). The Morgan fingerprint density at radius 3 is 2.70 bits per heavy atom. The molecule has 2 aromatic rings. The second-order valence-corrected chi connectivity index (χ2v) is 6.96. The van der Waals surface area contributed by atoms with Crippen molar-refractivity contribution in [3.05, 3.63) is 41.5 Å². The summed E-state index contributed by atoms with van der Waals surface area (Å²) >= 11 is 0. The zero-order chi connectivity index (χ0) is 21.9. The van der Waals surface area contributed by atoms with Gasteiger partial charge in [0.25, 0.3) is 0 Å². The number of nitrogens with zero attached hydrogens (tertiary/aromatic N) is 3. The van der Waals surface area contributed by atoms with Crippen LogP contribution in [0, 0.1) is 0 Å². The van der Waals surface area contributed by atoms with E-state index >= 15 is 0 Å². The van der Waals surface area contributed by atoms with Crippen molar-refractivity contribution in [2.24, 2.45) is 7.05 Å². The first kappa shape index (κ1) is 21.9. The molecule has 0 fully saturated rings. The van der Waals surface area contributed by atoms with Crippen molar-refractivity contribution in [2.45, 2.75) is 31.7 Å². The first-order valence-corrected chi connectivity index (χ1v) is 9.09. The third-order valence-corrected chi connectivity index (χ3v) is 4.87. The lowest BCUT2D eigenvalue weighted by Gasteiger charge is -2.35. The Morgan fingerprint density at radius 2 is 2.03 bits per heavy atom. The number of carboxylic acids is 1. The van der Waals surface area contributed by atoms with Gasteiger partial charge in [-0.2, -0.15) is 13.2 Å². The summed E-state index contributed by atoms with van der Waals surface area (Å²) in [5, 5.41) is 7.12. The maximum atomic E-state index is 10.6. The van der Waals surface area contributed by atoms with Crippen molar-refractivity contribution < 1.29 is 37.3 Å². The Balaban J connectivity index is 0.000000318. The molecule has 1 N–H and O–H groups in total. The average Bonchev–Trinajstić information content (AvgIpc) is 3.28. The number of aromatic nitrogens is 2. The number of hydrogen-bond acceptors (Lipinski definition) is 6. The van der Waals surface area contributed by atoms with Crippen LogP contribution in [-0.2, 0) is 36.1 Å². The summed E-state index contributed by atoms with van der Waals surface area (Å²) in [5.41, 5.74) is 3.70. The molecular weight excluding hydrogens is 407 g/mol. The number of ether oxygens (including phenoxy) is 3. The minimum atomic E-state index is -5.08. The Bertz CT molecular complexity index is 900. The number of aryl methyl sites for hydroxylation is 1. The van der Waals surface area contributed by atoms with Crippen LogP contribution >= 0.6 is 0 Å². The van der Waals surface area contributed by atoms with Crippen LogP contribution in [-0.4, -0.2) is 58.3 Å². The molecule has 1 aromatic heterocycles. The van der Waals surface area contributed by atoms with Crippen LogP contribution in [0.3, 0.4) is 0 Å². The van der Waals surface area contributed by atoms with Gasteiger partial charge in [-0.05, 0) is 17.7 Å². The molecule has 1 aromatic carbocycles. The number of methoxy groups -OCH3 is 1. The van der Waals surface area contributed by atoms with E-state index in [0.29, 0.717) is 12.8 Å². The van der Waals surface area contributed by atoms with Gasteiger partial charge in [0.2, 0.25) is 6.79 Å². The monoisotopic (exact) mass is 429 g/mol. The van der Waals surface area contributed by atoms with Gasteiger partial charge in [0.15, 0.2) is 11.5 Å². The lowest BCUT2D eigenvalue weighted by atomic mass is 10.0. The second-order valence-electron chi connectivity index (χ2n) is 6.96. The van der Waals surface area contributed by atoms with Crippen molar-refractivity contribution in [1.29, 1.82) is 0 Å². The molecule has 164 valence electrons. The van der Waals surface area contributed by atoms with Gasteiger partial charge in [-0.15, -0.1) is 0 Å². The molecule has 2 aliphatic rings. The van der Waals surface area contributed by atoms with Gasteiger partial charge < -0.3 is 23.9 Å². The van der Waals surface area contributed by atoms with Crippen molar-refractivity contribution in [1.82, 2.24) is 14.5 Å². The van der Waals surface area contributed by atoms with Crippen LogP contribution in [0.25, 0.3) is 0 Å². The van der Waals surface area contributed by atoms with Crippen LogP contribution in [0.2, 0.25) is 0 Å². The van der Waals surface area contributed by atoms with Crippen molar-refractivity contribution >= 4 is 5.97 Å². The van der Waals surface area contributed by atoms with Gasteiger partial charge in [-0.3, -0.25) is 4.90 Å². The highest BCUT2D eigenvalue weighted by Crippen LogP contribution is 2.33. The fourth-order valence-electron chi connectivity index (χ4n) is 3.39. The highest BCUT2D eigenvalue weighted by Gasteiger charge is 2.38. The number of imidazole rings is 1. The lowest BCUT2D eigenvalue weighted by molar-refractivity contribution is -0.192. The van der Waals surface area contributed by atoms with Gasteiger partial charge in [0.05, 0.1) is 18.6 Å². The number of fused-ring (bicyclic) bond motifs is 2. The molecular formula is C19H22F3N3O5. The minimum Gasteiger partial charge on any atom is -0.475 e. The Kier molecular flexibility index (Phi) is 6.52. The van der Waals surface area contributed by atoms with Crippen LogP contribution in [0.4, 0.5) is 13.2 Å². The van der Waals surface area contributed by atoms with Gasteiger partial charge in [-0.1, -0.05) is 6.07 Å². The number of aliphatic carboxylic acids is 1. The molecule has 2 aliphatic heterocycles. The van der Waals surface area contributed by atoms with Crippen LogP contribution in [0.1, 0.15) is 17.0 Å². The van der Waals surface area contributed by atoms with Gasteiger partial charge in [0.1, 0.15) is 0 Å². The normalized spacial score (nSPS) is 17.8. The Hall–Kier alpha value is -2.79. The third-order valence-electron chi connectivity index (χ3n) is 4.87. The predicted molar refractivity (Wildman–Crippen MR) is 98.1 cm³/mol. The van der Waals surface area contributed by atoms with Gasteiger partial charge in [0, 0.05) is 45.4 Å². The fraction of sp³-hybridized carbons (Fsp3) is 0.474. The summed E-state index contributed by atoms with van der Waals surface area (Å²) < 4.78 is 50.2. The standard InChI is InChI=1S/C17H21N3O3.C2HF3O2/c1-19-10-18-14-8-20(13(9-21-2)6-15(14)19)7-12-3-4-16-17(5-12)23-11-22-16;3-2(4,5)1(6)7/h3-5,10,13H,6-9,11H2,1-2H3;(H,6,7). The number of carboxylic acid groups (broad SMARTS) is 1. The smallest absolute Gasteiger partial charge is 0.475 e. The molecule has 1 unspecified atom stereocenters. The third kappa shape index (κ3) is 5.03. The molecule has 30 heavy (non-hydrogen) atoms. The van der Waals surface area contributed by atoms with Crippen LogP contribution in [0.5, 0.6) is 11.5 Å². The van der Waals surface area contributed by atoms with E-state index in [1.54, 1.807) is 7.11 Å². The number of carbonyl (C=O) groups is 1. The fourth-order valence-corrected chi connectivity index (χ4v) is 3.39. The summed E-state index contributed by atoms with van der Waals surface area (Å²) in [7, 11) is 3.82. The minimum absolute atomic E-state index is 0.312. The highest BCUT2D eigenvalue weighted by molar-refractivity contribution is 5.73. The average molecular weight is 429 g/mol. The predicted octanol–water partition coefficient (Wildman–Crippen LogP) is 2.36. The van der Waals surface area contributed by atoms with E-state index in [2.05, 4.69) is 33.6 Å². The Labute approximate surface area is 170 Å². The molecule has 8 nitrogen and oxygen atoms in total. The number of benzene rings is 1. The van der Waals surface area contributed by atoms with E-state index in [0.717, 1.165) is 37.6 Å². The second kappa shape index (κ2) is 8.92. The molecule has 0 saturated carbocycles. The maximum absolute atomic E-state index is 10.6. The molecule has 0 saturated heterocycles. The number of hydrogen-bond donors (Lipinski definition) is 1. The van der Waals surface area contributed by atoms with Gasteiger partial charge in [-0.25, -0.2) is 9.78 Å². The molecule has 0 radical (unpaired) electrons. The zero-order valence-corrected chi connectivity index (χ0v) is 16.5. The summed E-state index contributed by atoms with van der Waals surface area (Å²) in [6.07, 6.45) is -2.22. The maximum Gasteiger partial charge on any atom is 0.490 e. The lowest BCUT2D eigenvalue weighted by Crippen LogP contribution is -2.43. The van der Waals surface area contributed by atoms with E-state index in [-0.39, 0.29) is 0 Å². The van der Waals surface area contributed by atoms with E-state index in [4.69, 9.17) is 24.1 Å². The van der Waals surface area contributed by atoms with Crippen molar-refractivity contribution in [2.75, 3.05) is 20.5 Å². The summed E-state index contributed by atoms with van der Waals surface area (Å²) in [6.45, 7) is 2.72. The summed E-state index contributed by atoms with van der Waals surface area (Å²) in [4.78, 5) is 15.9. The highest BCUT2D eigenvalue weighted by atomic mass is 19.4. The molecule has 3 heterocycles. The first-order valence-electron chi connectivity index (χ1n) is 9.09. The largest absolute Gasteiger partial charge is 0.490 e. The molecule has 0 spiro atoms. The quantitative estimate of drug-likeness (QED) is 0.799. The van der Waals surface area contributed by atoms with Crippen LogP contribution in [0.15, 0.2) is 24.5 Å². The van der Waals surface area contributed by atoms with E-state index in [1.165, 1.54) is 17.0 Å². The van der Waals surface area contributed by atoms with E-state index in [9.17, 15) is 13.2 Å². The molecule has 1 atom stereocenters. The molecule has 0 bridgehead atoms. The number of alkyl halides is 3. The number of halogens is 3. The summed E-state index contributed by atoms with van der Waals surface area (Å²) in [5.74, 6) is -1.10. The van der Waals surface area contributed by atoms with Crippen molar-refractivity contribution in [3.63, 3.8) is 0 Å². The van der Waals surface area contributed by atoms with E-state index < -0.39 is 12.1 Å². The van der Waals surface area contributed by atoms with E-state index in [1.807, 2.05) is 12.4 Å². The topological polar surface area (TPSA) is 86.0 Å². The number of rotatable bonds is 4. The molecule has 0 aliphatic carbocycles. The molecule has 0 amide bonds. The first-order chi connectivity index (χ1) is 14.2. The SMILES string of the molecule is COCC1Cc2c(ncn2C)CN1Cc1ccc2c(c1)OCO2.O=C(O)C(F)(F)F. The van der Waals surface area contributed by atoms with Crippen LogP contribution < -0.4 is 9.47 Å². The van der Waals surface area contributed by atoms with Gasteiger partial charge >= 0.3 is 12.1 Å². The summed E-state index contributed by atoms with van der Waals surface area (Å²) in [6, 6.07) is 6.51. The Morgan fingerprint density at radius 1 is 1.33 bits per heavy atom. The van der Waals surface area contributed by atoms with Crippen molar-refractivity contribution in [3.8, 4) is 11.5 Å². The zero-order valence-electron chi connectivity index (χ0n) is 16.5. The molecule has 11 heteroatoms.